The number of rotatable bonds is 6. The number of esters is 2. The molecule has 0 unspecified atom stereocenters. The van der Waals surface area contributed by atoms with Crippen molar-refractivity contribution in [3.8, 4) is 5.75 Å². The van der Waals surface area contributed by atoms with Crippen molar-refractivity contribution < 1.29 is 40.8 Å². The number of carbonyl (C=O) groups is 2. The van der Waals surface area contributed by atoms with Crippen LogP contribution >= 0.6 is 67.8 Å². The molecule has 0 spiro atoms. The molecule has 0 aliphatic carbocycles. The van der Waals surface area contributed by atoms with E-state index >= 15 is 0 Å². The summed E-state index contributed by atoms with van der Waals surface area (Å²) in [4.78, 5) is 25.5. The van der Waals surface area contributed by atoms with Crippen molar-refractivity contribution in [2.75, 3.05) is 6.61 Å². The summed E-state index contributed by atoms with van der Waals surface area (Å²) < 4.78 is 69.4. The van der Waals surface area contributed by atoms with Crippen molar-refractivity contribution in [2.24, 2.45) is 0 Å². The van der Waals surface area contributed by atoms with Crippen molar-refractivity contribution in [3.05, 3.63) is 70.4 Å². The third kappa shape index (κ3) is 5.91. The molecule has 33 heavy (non-hydrogen) atoms. The van der Waals surface area contributed by atoms with Crippen LogP contribution in [-0.4, -0.2) is 36.8 Å². The lowest BCUT2D eigenvalue weighted by molar-refractivity contribution is -0.00937. The molecular weight excluding hydrogens is 803 g/mol. The van der Waals surface area contributed by atoms with Gasteiger partial charge in [0, 0.05) is 8.96 Å². The molecule has 0 aliphatic rings. The molecular formula is C20H11F2I3O7S. The average molecular weight is 814 g/mol. The standard InChI is InChI=1S/C20H11F2I3O7S/c21-20(22,33(28,29)30)9-31-18(26)12-5-1-3-10-4-2-6-13(16(10)12)19(27)32-17-14(24)7-11(23)8-15(17)25/h1-8H,9H2,(H,28,29,30). The van der Waals surface area contributed by atoms with Gasteiger partial charge in [-0.15, -0.1) is 0 Å². The fourth-order valence-corrected chi connectivity index (χ4v) is 6.77. The molecule has 3 rings (SSSR count). The Morgan fingerprint density at radius 1 is 0.939 bits per heavy atom. The summed E-state index contributed by atoms with van der Waals surface area (Å²) in [5.41, 5.74) is -0.273. The van der Waals surface area contributed by atoms with Gasteiger partial charge >= 0.3 is 27.3 Å². The number of benzene rings is 3. The highest BCUT2D eigenvalue weighted by Crippen LogP contribution is 2.32. The molecule has 0 heterocycles. The molecule has 13 heteroatoms. The van der Waals surface area contributed by atoms with E-state index in [0.29, 0.717) is 18.3 Å². The maximum absolute atomic E-state index is 13.5. The highest BCUT2D eigenvalue weighted by molar-refractivity contribution is 14.1. The maximum Gasteiger partial charge on any atom is 0.402 e. The van der Waals surface area contributed by atoms with E-state index in [2.05, 4.69) is 27.3 Å². The largest absolute Gasteiger partial charge is 0.454 e. The van der Waals surface area contributed by atoms with Crippen molar-refractivity contribution >= 4 is 101 Å². The summed E-state index contributed by atoms with van der Waals surface area (Å²) >= 11 is 6.17. The SMILES string of the molecule is O=C(OCC(F)(F)S(=O)(=O)O)c1cccc2cccc(C(=O)Oc3c(I)cc(I)cc3I)c12. The third-order valence-electron chi connectivity index (χ3n) is 4.25. The van der Waals surface area contributed by atoms with Crippen molar-refractivity contribution in [1.29, 1.82) is 0 Å². The Morgan fingerprint density at radius 3 is 1.97 bits per heavy atom. The molecule has 3 aromatic carbocycles. The molecule has 0 saturated carbocycles. The first-order valence-electron chi connectivity index (χ1n) is 8.72. The number of ether oxygens (including phenoxy) is 2. The molecule has 0 fully saturated rings. The first-order chi connectivity index (χ1) is 15.3. The third-order valence-corrected chi connectivity index (χ3v) is 7.35. The van der Waals surface area contributed by atoms with Crippen LogP contribution in [0.4, 0.5) is 8.78 Å². The quantitative estimate of drug-likeness (QED) is 0.152. The van der Waals surface area contributed by atoms with Crippen LogP contribution < -0.4 is 4.74 Å². The predicted molar refractivity (Wildman–Crippen MR) is 140 cm³/mol. The zero-order chi connectivity index (χ0) is 24.6. The zero-order valence-electron chi connectivity index (χ0n) is 16.0. The normalized spacial score (nSPS) is 11.9. The number of hydrogen-bond acceptors (Lipinski definition) is 6. The summed E-state index contributed by atoms with van der Waals surface area (Å²) in [5, 5.41) is -4.18. The van der Waals surface area contributed by atoms with E-state index in [-0.39, 0.29) is 16.5 Å². The van der Waals surface area contributed by atoms with Crippen LogP contribution in [0.15, 0.2) is 48.5 Å². The molecule has 0 aliphatic heterocycles. The van der Waals surface area contributed by atoms with Crippen LogP contribution in [0.5, 0.6) is 5.75 Å². The molecule has 3 aromatic rings. The highest BCUT2D eigenvalue weighted by atomic mass is 127. The topological polar surface area (TPSA) is 107 Å². The van der Waals surface area contributed by atoms with E-state index < -0.39 is 33.9 Å². The second kappa shape index (κ2) is 10.2. The van der Waals surface area contributed by atoms with E-state index in [4.69, 9.17) is 9.29 Å². The monoisotopic (exact) mass is 814 g/mol. The smallest absolute Gasteiger partial charge is 0.402 e. The predicted octanol–water partition coefficient (Wildman–Crippen LogP) is 5.51. The van der Waals surface area contributed by atoms with Crippen LogP contribution in [-0.2, 0) is 14.9 Å². The van der Waals surface area contributed by atoms with Gasteiger partial charge in [0.15, 0.2) is 12.4 Å². The summed E-state index contributed by atoms with van der Waals surface area (Å²) in [6.07, 6.45) is 0. The number of carbonyl (C=O) groups excluding carboxylic acids is 2. The van der Waals surface area contributed by atoms with Crippen LogP contribution in [0.1, 0.15) is 20.7 Å². The van der Waals surface area contributed by atoms with Gasteiger partial charge in [-0.25, -0.2) is 9.59 Å². The number of fused-ring (bicyclic) bond motifs is 1. The van der Waals surface area contributed by atoms with Crippen molar-refractivity contribution in [2.45, 2.75) is 5.25 Å². The van der Waals surface area contributed by atoms with Crippen LogP contribution in [0.3, 0.4) is 0 Å². The minimum absolute atomic E-state index is 0.0215. The summed E-state index contributed by atoms with van der Waals surface area (Å²) in [7, 11) is -5.78. The van der Waals surface area contributed by atoms with Gasteiger partial charge in [-0.3, -0.25) is 4.55 Å². The Balaban J connectivity index is 2.00. The molecule has 0 radical (unpaired) electrons. The molecule has 0 saturated heterocycles. The number of hydrogen-bond donors (Lipinski definition) is 1. The van der Waals surface area contributed by atoms with E-state index in [1.807, 2.05) is 57.3 Å². The van der Waals surface area contributed by atoms with E-state index in [1.165, 1.54) is 18.2 Å². The van der Waals surface area contributed by atoms with Crippen molar-refractivity contribution in [1.82, 2.24) is 0 Å². The van der Waals surface area contributed by atoms with Crippen LogP contribution in [0.25, 0.3) is 10.8 Å². The Morgan fingerprint density at radius 2 is 1.45 bits per heavy atom. The highest BCUT2D eigenvalue weighted by Gasteiger charge is 2.45. The number of halogens is 5. The molecule has 0 atom stereocenters. The van der Waals surface area contributed by atoms with Gasteiger partial charge in [-0.2, -0.15) is 17.2 Å². The fraction of sp³-hybridized carbons (Fsp3) is 0.100. The molecule has 0 amide bonds. The Kier molecular flexibility index (Phi) is 8.17. The molecule has 0 bridgehead atoms. The summed E-state index contributed by atoms with van der Waals surface area (Å²) in [5.74, 6) is -1.77. The van der Waals surface area contributed by atoms with Gasteiger partial charge in [0.1, 0.15) is 0 Å². The Labute approximate surface area is 227 Å². The van der Waals surface area contributed by atoms with Gasteiger partial charge in [0.2, 0.25) is 0 Å². The number of alkyl halides is 2. The van der Waals surface area contributed by atoms with Crippen LogP contribution in [0, 0.1) is 10.7 Å². The first kappa shape index (κ1) is 26.4. The maximum atomic E-state index is 13.5. The summed E-state index contributed by atoms with van der Waals surface area (Å²) in [6.45, 7) is -1.90. The van der Waals surface area contributed by atoms with Gasteiger partial charge < -0.3 is 9.47 Å². The molecule has 1 N–H and O–H groups in total. The minimum atomic E-state index is -5.78. The van der Waals surface area contributed by atoms with Gasteiger partial charge in [0.25, 0.3) is 0 Å². The second-order valence-corrected chi connectivity index (χ2v) is 11.6. The van der Waals surface area contributed by atoms with E-state index in [0.717, 1.165) is 3.57 Å². The average Bonchev–Trinajstić information content (AvgIpc) is 2.72. The second-order valence-electron chi connectivity index (χ2n) is 6.49. The molecule has 0 aromatic heterocycles. The Bertz CT molecular complexity index is 1350. The lowest BCUT2D eigenvalue weighted by Gasteiger charge is -2.15. The van der Waals surface area contributed by atoms with Crippen molar-refractivity contribution in [3.63, 3.8) is 0 Å². The molecule has 7 nitrogen and oxygen atoms in total. The van der Waals surface area contributed by atoms with Gasteiger partial charge in [-0.05, 0) is 97.4 Å². The Hall–Kier alpha value is -1.18. The first-order valence-corrected chi connectivity index (χ1v) is 13.4. The van der Waals surface area contributed by atoms with E-state index in [1.54, 1.807) is 18.2 Å². The van der Waals surface area contributed by atoms with Gasteiger partial charge in [0.05, 0.1) is 18.3 Å². The summed E-state index contributed by atoms with van der Waals surface area (Å²) in [6, 6.07) is 12.5. The van der Waals surface area contributed by atoms with Gasteiger partial charge in [-0.1, -0.05) is 24.3 Å². The molecule has 174 valence electrons. The minimum Gasteiger partial charge on any atom is -0.454 e. The van der Waals surface area contributed by atoms with E-state index in [9.17, 15) is 26.8 Å². The zero-order valence-corrected chi connectivity index (χ0v) is 23.3. The lowest BCUT2D eigenvalue weighted by atomic mass is 9.99. The van der Waals surface area contributed by atoms with Crippen LogP contribution in [0.2, 0.25) is 0 Å². The lowest BCUT2D eigenvalue weighted by Crippen LogP contribution is -2.34. The fourth-order valence-electron chi connectivity index (χ4n) is 2.76.